The van der Waals surface area contributed by atoms with Gasteiger partial charge in [-0.3, -0.25) is 4.79 Å². The van der Waals surface area contributed by atoms with Crippen LogP contribution in [0.5, 0.6) is 5.75 Å². The van der Waals surface area contributed by atoms with E-state index in [-0.39, 0.29) is 11.9 Å². The summed E-state index contributed by atoms with van der Waals surface area (Å²) in [5.74, 6) is 1.41. The predicted molar refractivity (Wildman–Crippen MR) is 86.2 cm³/mol. The lowest BCUT2D eigenvalue weighted by molar-refractivity contribution is -0.122. The Morgan fingerprint density at radius 1 is 1.33 bits per heavy atom. The molecule has 1 rings (SSSR count). The summed E-state index contributed by atoms with van der Waals surface area (Å²) < 4.78 is 5.37. The standard InChI is InChI=1S/C17H28N2O2/c1-4-15(14-7-5-6-8-16(14)21-3)19-17(20)10-9-13(2)11-12-18/h5-8,13,15H,4,9-12,18H2,1-3H3,(H,19,20). The van der Waals surface area contributed by atoms with E-state index in [9.17, 15) is 4.79 Å². The van der Waals surface area contributed by atoms with Gasteiger partial charge in [0.05, 0.1) is 13.2 Å². The molecule has 21 heavy (non-hydrogen) atoms. The molecule has 2 unspecified atom stereocenters. The zero-order valence-electron chi connectivity index (χ0n) is 13.4. The predicted octanol–water partition coefficient (Wildman–Crippen LogP) is 3.03. The minimum absolute atomic E-state index is 0.00142. The van der Waals surface area contributed by atoms with E-state index < -0.39 is 0 Å². The molecule has 0 fully saturated rings. The van der Waals surface area contributed by atoms with Crippen LogP contribution in [0, 0.1) is 5.92 Å². The average Bonchev–Trinajstić information content (AvgIpc) is 2.51. The highest BCUT2D eigenvalue weighted by atomic mass is 16.5. The van der Waals surface area contributed by atoms with Crippen molar-refractivity contribution in [3.63, 3.8) is 0 Å². The number of hydrogen-bond donors (Lipinski definition) is 2. The van der Waals surface area contributed by atoms with Crippen molar-refractivity contribution in [1.82, 2.24) is 5.32 Å². The summed E-state index contributed by atoms with van der Waals surface area (Å²) in [4.78, 5) is 12.1. The lowest BCUT2D eigenvalue weighted by Gasteiger charge is -2.20. The van der Waals surface area contributed by atoms with Crippen LogP contribution in [0.1, 0.15) is 51.1 Å². The number of rotatable bonds is 9. The molecule has 1 amide bonds. The van der Waals surface area contributed by atoms with Gasteiger partial charge in [0.1, 0.15) is 5.75 Å². The molecule has 0 saturated heterocycles. The topological polar surface area (TPSA) is 64.4 Å². The van der Waals surface area contributed by atoms with Crippen LogP contribution in [-0.2, 0) is 4.79 Å². The van der Waals surface area contributed by atoms with Crippen LogP contribution in [0.15, 0.2) is 24.3 Å². The number of nitrogens with one attached hydrogen (secondary N) is 1. The molecule has 1 aromatic carbocycles. The summed E-state index contributed by atoms with van der Waals surface area (Å²) in [5.41, 5.74) is 6.56. The fraction of sp³-hybridized carbons (Fsp3) is 0.588. The third-order valence-electron chi connectivity index (χ3n) is 3.78. The third kappa shape index (κ3) is 5.76. The molecule has 3 N–H and O–H groups in total. The molecular formula is C17H28N2O2. The van der Waals surface area contributed by atoms with Gasteiger partial charge in [-0.05, 0) is 37.8 Å². The lowest BCUT2D eigenvalue weighted by atomic mass is 10.00. The highest BCUT2D eigenvalue weighted by molar-refractivity contribution is 5.76. The Bertz CT molecular complexity index is 435. The molecule has 4 nitrogen and oxygen atoms in total. The maximum atomic E-state index is 12.1. The molecule has 0 spiro atoms. The Hall–Kier alpha value is -1.55. The van der Waals surface area contributed by atoms with Gasteiger partial charge in [0, 0.05) is 12.0 Å². The van der Waals surface area contributed by atoms with Gasteiger partial charge in [-0.25, -0.2) is 0 Å². The molecule has 0 aliphatic rings. The minimum Gasteiger partial charge on any atom is -0.496 e. The van der Waals surface area contributed by atoms with E-state index in [4.69, 9.17) is 10.5 Å². The van der Waals surface area contributed by atoms with Crippen LogP contribution in [0.2, 0.25) is 0 Å². The third-order valence-corrected chi connectivity index (χ3v) is 3.78. The summed E-state index contributed by atoms with van der Waals surface area (Å²) >= 11 is 0. The van der Waals surface area contributed by atoms with Crippen molar-refractivity contribution in [1.29, 1.82) is 0 Å². The molecule has 0 aromatic heterocycles. The zero-order chi connectivity index (χ0) is 15.7. The van der Waals surface area contributed by atoms with E-state index >= 15 is 0 Å². The number of amides is 1. The number of carbonyl (C=O) groups excluding carboxylic acids is 1. The lowest BCUT2D eigenvalue weighted by Crippen LogP contribution is -2.28. The molecule has 0 aliphatic heterocycles. The fourth-order valence-corrected chi connectivity index (χ4v) is 2.43. The van der Waals surface area contributed by atoms with Gasteiger partial charge in [-0.15, -0.1) is 0 Å². The average molecular weight is 292 g/mol. The Morgan fingerprint density at radius 2 is 2.05 bits per heavy atom. The molecule has 0 radical (unpaired) electrons. The van der Waals surface area contributed by atoms with E-state index in [1.807, 2.05) is 24.3 Å². The Morgan fingerprint density at radius 3 is 2.67 bits per heavy atom. The summed E-state index contributed by atoms with van der Waals surface area (Å²) in [7, 11) is 1.65. The normalized spacial score (nSPS) is 13.5. The van der Waals surface area contributed by atoms with Gasteiger partial charge in [-0.1, -0.05) is 32.0 Å². The second-order valence-corrected chi connectivity index (χ2v) is 5.49. The first-order valence-electron chi connectivity index (χ1n) is 7.74. The van der Waals surface area contributed by atoms with Gasteiger partial charge in [0.2, 0.25) is 5.91 Å². The van der Waals surface area contributed by atoms with Gasteiger partial charge in [-0.2, -0.15) is 0 Å². The van der Waals surface area contributed by atoms with Gasteiger partial charge in [0.25, 0.3) is 0 Å². The monoisotopic (exact) mass is 292 g/mol. The molecule has 118 valence electrons. The molecule has 0 saturated carbocycles. The van der Waals surface area contributed by atoms with Crippen molar-refractivity contribution in [3.05, 3.63) is 29.8 Å². The van der Waals surface area contributed by atoms with E-state index in [0.29, 0.717) is 18.9 Å². The summed E-state index contributed by atoms with van der Waals surface area (Å²) in [6.45, 7) is 4.88. The van der Waals surface area contributed by atoms with Crippen LogP contribution in [0.3, 0.4) is 0 Å². The number of benzene rings is 1. The minimum atomic E-state index is -0.00142. The number of carbonyl (C=O) groups is 1. The van der Waals surface area contributed by atoms with Crippen LogP contribution >= 0.6 is 0 Å². The Balaban J connectivity index is 2.59. The van der Waals surface area contributed by atoms with Crippen molar-refractivity contribution in [2.24, 2.45) is 11.7 Å². The van der Waals surface area contributed by atoms with E-state index in [1.165, 1.54) is 0 Å². The van der Waals surface area contributed by atoms with Crippen LogP contribution in [-0.4, -0.2) is 19.6 Å². The smallest absolute Gasteiger partial charge is 0.220 e. The molecular weight excluding hydrogens is 264 g/mol. The van der Waals surface area contributed by atoms with Crippen molar-refractivity contribution < 1.29 is 9.53 Å². The van der Waals surface area contributed by atoms with Crippen molar-refractivity contribution in [2.45, 2.75) is 45.6 Å². The first kappa shape index (κ1) is 17.5. The largest absolute Gasteiger partial charge is 0.496 e. The highest BCUT2D eigenvalue weighted by Crippen LogP contribution is 2.27. The number of hydrogen-bond acceptors (Lipinski definition) is 3. The molecule has 4 heteroatoms. The maximum absolute atomic E-state index is 12.1. The maximum Gasteiger partial charge on any atom is 0.220 e. The quantitative estimate of drug-likeness (QED) is 0.735. The number of para-hydroxylation sites is 1. The van der Waals surface area contributed by atoms with E-state index in [0.717, 1.165) is 30.6 Å². The molecule has 0 bridgehead atoms. The summed E-state index contributed by atoms with van der Waals surface area (Å²) in [5, 5.41) is 3.10. The van der Waals surface area contributed by atoms with E-state index in [2.05, 4.69) is 19.2 Å². The van der Waals surface area contributed by atoms with Crippen molar-refractivity contribution in [3.8, 4) is 5.75 Å². The van der Waals surface area contributed by atoms with Gasteiger partial charge in [0.15, 0.2) is 0 Å². The van der Waals surface area contributed by atoms with Crippen LogP contribution in [0.25, 0.3) is 0 Å². The number of methoxy groups -OCH3 is 1. The first-order valence-corrected chi connectivity index (χ1v) is 7.74. The number of ether oxygens (including phenoxy) is 1. The first-order chi connectivity index (χ1) is 10.1. The fourth-order valence-electron chi connectivity index (χ4n) is 2.43. The van der Waals surface area contributed by atoms with Crippen molar-refractivity contribution >= 4 is 5.91 Å². The molecule has 1 aromatic rings. The zero-order valence-corrected chi connectivity index (χ0v) is 13.4. The van der Waals surface area contributed by atoms with Crippen molar-refractivity contribution in [2.75, 3.05) is 13.7 Å². The SMILES string of the molecule is CCC(NC(=O)CCC(C)CCN)c1ccccc1OC. The number of nitrogens with two attached hydrogens (primary N) is 1. The second-order valence-electron chi connectivity index (χ2n) is 5.49. The van der Waals surface area contributed by atoms with Crippen LogP contribution in [0.4, 0.5) is 0 Å². The van der Waals surface area contributed by atoms with Crippen LogP contribution < -0.4 is 15.8 Å². The molecule has 0 aliphatic carbocycles. The van der Waals surface area contributed by atoms with Gasteiger partial charge < -0.3 is 15.8 Å². The molecule has 2 atom stereocenters. The van der Waals surface area contributed by atoms with E-state index in [1.54, 1.807) is 7.11 Å². The Labute approximate surface area is 128 Å². The Kier molecular flexibility index (Phi) is 7.83. The highest BCUT2D eigenvalue weighted by Gasteiger charge is 2.16. The second kappa shape index (κ2) is 9.40. The van der Waals surface area contributed by atoms with Gasteiger partial charge >= 0.3 is 0 Å². The summed E-state index contributed by atoms with van der Waals surface area (Å²) in [6.07, 6.45) is 3.24. The molecule has 0 heterocycles. The summed E-state index contributed by atoms with van der Waals surface area (Å²) in [6, 6.07) is 7.83.